The molecule has 1 radical (unpaired) electrons. The van der Waals surface area contributed by atoms with Crippen LogP contribution in [0.25, 0.3) is 115 Å². The molecule has 319 valence electrons. The molecule has 0 saturated heterocycles. The van der Waals surface area contributed by atoms with E-state index in [9.17, 15) is 0 Å². The van der Waals surface area contributed by atoms with Gasteiger partial charge in [0.05, 0.1) is 22.4 Å². The molecular formula is C61H43IrN3O-2. The fourth-order valence-corrected chi connectivity index (χ4v) is 9.60. The summed E-state index contributed by atoms with van der Waals surface area (Å²) in [5.74, 6) is 0.807. The molecule has 5 heteroatoms. The van der Waals surface area contributed by atoms with Gasteiger partial charge in [-0.2, -0.15) is 0 Å². The number of rotatable bonds is 3. The normalized spacial score (nSPS) is 12.5. The Morgan fingerprint density at radius 2 is 1.23 bits per heavy atom. The van der Waals surface area contributed by atoms with Crippen molar-refractivity contribution in [1.29, 1.82) is 0 Å². The van der Waals surface area contributed by atoms with Gasteiger partial charge in [0, 0.05) is 50.7 Å². The van der Waals surface area contributed by atoms with Crippen LogP contribution in [0, 0.1) is 17.5 Å². The molecule has 66 heavy (non-hydrogen) atoms. The van der Waals surface area contributed by atoms with E-state index in [-0.39, 0.29) is 20.1 Å². The number of nitrogens with zero attached hydrogens (tertiary/aromatic N) is 3. The molecular weight excluding hydrogens is 983 g/mol. The minimum atomic E-state index is -1.40. The molecule has 4 aromatic heterocycles. The molecule has 0 saturated carbocycles. The predicted octanol–water partition coefficient (Wildman–Crippen LogP) is 16.3. The van der Waals surface area contributed by atoms with Crippen LogP contribution in [0.15, 0.2) is 199 Å². The minimum absolute atomic E-state index is 0. The van der Waals surface area contributed by atoms with Gasteiger partial charge in [-0.1, -0.05) is 159 Å². The number of fused-ring (bicyclic) bond motifs is 13. The maximum atomic E-state index is 8.31. The standard InChI is InChI=1S/C45H25N2O.C16H18N.Ir/c1-2-12-29-27(11-1)23-24-28-25-39-36-19-9-20-37(44(36)48-42(39)26-38(28)29)45-46-40-21-10-18-35-33-16-6-4-14-31(33)30-13-3-5-15-32(30)34-17-7-8-22-41(34)47(45)43(35)40;1-16(2,3)12-13-9-10-17-15(11-13)14-7-5-4-6-8-14;/h1-19,21-26H;4-7,9-11H,12H2,1-3H3;/q2*-1;/i;12D2;. The maximum absolute atomic E-state index is 8.31. The molecule has 4 nitrogen and oxygen atoms in total. The smallest absolute Gasteiger partial charge is 0.121 e. The number of para-hydroxylation sites is 2. The predicted molar refractivity (Wildman–Crippen MR) is 272 cm³/mol. The molecule has 0 fully saturated rings. The van der Waals surface area contributed by atoms with Crippen LogP contribution >= 0.6 is 0 Å². The molecule has 0 amide bonds. The Hall–Kier alpha value is -7.43. The summed E-state index contributed by atoms with van der Waals surface area (Å²) in [5, 5.41) is 14.0. The molecule has 0 atom stereocenters. The van der Waals surface area contributed by atoms with Gasteiger partial charge in [-0.3, -0.25) is 4.98 Å². The van der Waals surface area contributed by atoms with Crippen LogP contribution in [-0.4, -0.2) is 14.4 Å². The molecule has 0 aliphatic heterocycles. The fraction of sp³-hybridized carbons (Fsp3) is 0.0820. The number of imidazole rings is 1. The number of furan rings is 1. The quantitative estimate of drug-likeness (QED) is 0.131. The average Bonchev–Trinajstić information content (AvgIpc) is 3.95. The van der Waals surface area contributed by atoms with E-state index in [1.54, 1.807) is 12.3 Å². The topological polar surface area (TPSA) is 43.3 Å². The molecule has 13 aromatic rings. The number of benzene rings is 9. The number of hydrogen-bond acceptors (Lipinski definition) is 3. The van der Waals surface area contributed by atoms with E-state index in [4.69, 9.17) is 12.1 Å². The molecule has 9 aromatic carbocycles. The van der Waals surface area contributed by atoms with Gasteiger partial charge in [0.25, 0.3) is 0 Å². The summed E-state index contributed by atoms with van der Waals surface area (Å²) in [6.07, 6.45) is 0.258. The van der Waals surface area contributed by atoms with Crippen LogP contribution in [0.3, 0.4) is 0 Å². The summed E-state index contributed by atoms with van der Waals surface area (Å²) in [5.41, 5.74) is 7.39. The van der Waals surface area contributed by atoms with Crippen molar-refractivity contribution in [1.82, 2.24) is 14.4 Å². The summed E-state index contributed by atoms with van der Waals surface area (Å²) in [6, 6.07) is 72.0. The van der Waals surface area contributed by atoms with Crippen LogP contribution < -0.4 is 0 Å². The summed E-state index contributed by atoms with van der Waals surface area (Å²) >= 11 is 0. The van der Waals surface area contributed by atoms with Gasteiger partial charge in [0.2, 0.25) is 0 Å². The third-order valence-corrected chi connectivity index (χ3v) is 12.3. The van der Waals surface area contributed by atoms with Crippen molar-refractivity contribution in [3.8, 4) is 22.6 Å². The molecule has 13 rings (SSSR count). The first-order chi connectivity index (χ1) is 32.6. The van der Waals surface area contributed by atoms with E-state index < -0.39 is 11.8 Å². The van der Waals surface area contributed by atoms with Crippen molar-refractivity contribution in [3.63, 3.8) is 0 Å². The monoisotopic (exact) mass is 1030 g/mol. The third kappa shape index (κ3) is 7.13. The van der Waals surface area contributed by atoms with Gasteiger partial charge in [0.15, 0.2) is 0 Å². The first kappa shape index (κ1) is 39.0. The number of pyridine rings is 1. The molecule has 0 aliphatic carbocycles. The van der Waals surface area contributed by atoms with Crippen LogP contribution in [-0.2, 0) is 26.5 Å². The van der Waals surface area contributed by atoms with Crippen LogP contribution in [0.2, 0.25) is 0 Å². The number of hydrogen-bond donors (Lipinski definition) is 0. The zero-order chi connectivity index (χ0) is 45.4. The second-order valence-electron chi connectivity index (χ2n) is 17.7. The van der Waals surface area contributed by atoms with Crippen molar-refractivity contribution in [2.75, 3.05) is 0 Å². The van der Waals surface area contributed by atoms with E-state index in [1.807, 2.05) is 57.2 Å². The van der Waals surface area contributed by atoms with Crippen LogP contribution in [0.5, 0.6) is 0 Å². The van der Waals surface area contributed by atoms with E-state index >= 15 is 0 Å². The molecule has 0 aliphatic rings. The largest absolute Gasteiger partial charge is 0.501 e. The Kier molecular flexibility index (Phi) is 9.76. The second-order valence-corrected chi connectivity index (χ2v) is 17.7. The van der Waals surface area contributed by atoms with Gasteiger partial charge in [-0.15, -0.1) is 54.1 Å². The van der Waals surface area contributed by atoms with Gasteiger partial charge < -0.3 is 13.8 Å². The van der Waals surface area contributed by atoms with Crippen molar-refractivity contribution in [2.24, 2.45) is 5.41 Å². The molecule has 0 N–H and O–H groups in total. The van der Waals surface area contributed by atoms with E-state index in [0.717, 1.165) is 71.9 Å². The first-order valence-electron chi connectivity index (χ1n) is 23.1. The fourth-order valence-electron chi connectivity index (χ4n) is 9.60. The van der Waals surface area contributed by atoms with Crippen LogP contribution in [0.1, 0.15) is 29.1 Å². The van der Waals surface area contributed by atoms with Crippen LogP contribution in [0.4, 0.5) is 0 Å². The minimum Gasteiger partial charge on any atom is -0.501 e. The molecule has 4 heterocycles. The van der Waals surface area contributed by atoms with Gasteiger partial charge in [-0.05, 0) is 90.9 Å². The van der Waals surface area contributed by atoms with E-state index in [0.29, 0.717) is 5.56 Å². The third-order valence-electron chi connectivity index (χ3n) is 12.3. The summed E-state index contributed by atoms with van der Waals surface area (Å²) in [7, 11) is 0. The Balaban J connectivity index is 0.000000215. The molecule has 0 bridgehead atoms. The Morgan fingerprint density at radius 3 is 1.98 bits per heavy atom. The second kappa shape index (κ2) is 16.5. The Bertz CT molecular complexity index is 4130. The van der Waals surface area contributed by atoms with E-state index in [1.165, 1.54) is 43.1 Å². The average molecular weight is 1030 g/mol. The van der Waals surface area contributed by atoms with Gasteiger partial charge >= 0.3 is 0 Å². The van der Waals surface area contributed by atoms with Crippen molar-refractivity contribution in [2.45, 2.75) is 27.1 Å². The van der Waals surface area contributed by atoms with Crippen molar-refractivity contribution < 1.29 is 27.3 Å². The van der Waals surface area contributed by atoms with Crippen molar-refractivity contribution >= 4 is 92.4 Å². The van der Waals surface area contributed by atoms with E-state index in [2.05, 4.69) is 167 Å². The Morgan fingerprint density at radius 1 is 0.561 bits per heavy atom. The maximum Gasteiger partial charge on any atom is 0.121 e. The number of aromatic nitrogens is 3. The Labute approximate surface area is 399 Å². The summed E-state index contributed by atoms with van der Waals surface area (Å²) in [6.45, 7) is 5.71. The zero-order valence-corrected chi connectivity index (χ0v) is 39.0. The zero-order valence-electron chi connectivity index (χ0n) is 38.6. The summed E-state index contributed by atoms with van der Waals surface area (Å²) in [4.78, 5) is 9.69. The molecule has 0 spiro atoms. The molecule has 0 unspecified atom stereocenters. The summed E-state index contributed by atoms with van der Waals surface area (Å²) < 4.78 is 25.8. The van der Waals surface area contributed by atoms with Gasteiger partial charge in [0.1, 0.15) is 5.58 Å². The van der Waals surface area contributed by atoms with Crippen molar-refractivity contribution in [3.05, 3.63) is 212 Å². The SMILES string of the molecule is [2H]C([2H])(c1ccnc(-c2[c-]cccc2)c1)C(C)(C)C.[Ir].[c-]1ccc2c(oc3cc4c(ccc5ccccc54)cc32)c1-c1nc2cccc3c4ccccc4c4ccccc4c4ccccc4n1c23. The first-order valence-corrected chi connectivity index (χ1v) is 22.1. The van der Waals surface area contributed by atoms with Gasteiger partial charge in [-0.25, -0.2) is 0 Å².